The number of methoxy groups -OCH3 is 1. The largest absolute Gasteiger partial charge is 0.496 e. The summed E-state index contributed by atoms with van der Waals surface area (Å²) >= 11 is 3.39. The molecule has 0 saturated carbocycles. The van der Waals surface area contributed by atoms with Crippen LogP contribution in [0.3, 0.4) is 0 Å². The predicted molar refractivity (Wildman–Crippen MR) is 102 cm³/mol. The zero-order valence-corrected chi connectivity index (χ0v) is 16.0. The molecule has 0 aliphatic carbocycles. The smallest absolute Gasteiger partial charge is 0.277 e. The van der Waals surface area contributed by atoms with Crippen LogP contribution < -0.4 is 14.9 Å². The van der Waals surface area contributed by atoms with Crippen LogP contribution in [0.2, 0.25) is 0 Å². The van der Waals surface area contributed by atoms with Crippen molar-refractivity contribution in [3.05, 3.63) is 58.1 Å². The molecular formula is C19H21BrN2O3. The molecule has 0 unspecified atom stereocenters. The Morgan fingerprint density at radius 1 is 1.24 bits per heavy atom. The highest BCUT2D eigenvalue weighted by Crippen LogP contribution is 2.21. The Kier molecular flexibility index (Phi) is 7.01. The standard InChI is InChI=1S/C19H21BrN2O3/c1-13(2)14-4-7-17(8-5-14)25-12-19(23)22-21-11-15-10-16(20)6-9-18(15)24-3/h4-11,13H,12H2,1-3H3,(H,22,23)/b21-11-. The Labute approximate surface area is 156 Å². The monoisotopic (exact) mass is 404 g/mol. The summed E-state index contributed by atoms with van der Waals surface area (Å²) in [6.07, 6.45) is 1.53. The van der Waals surface area contributed by atoms with Gasteiger partial charge in [0.15, 0.2) is 6.61 Å². The lowest BCUT2D eigenvalue weighted by atomic mass is 10.0. The summed E-state index contributed by atoms with van der Waals surface area (Å²) in [5, 5.41) is 3.94. The number of ether oxygens (including phenoxy) is 2. The van der Waals surface area contributed by atoms with Crippen LogP contribution in [0.5, 0.6) is 11.5 Å². The third kappa shape index (κ3) is 5.90. The average Bonchev–Trinajstić information content (AvgIpc) is 2.60. The number of amides is 1. The quantitative estimate of drug-likeness (QED) is 0.557. The van der Waals surface area contributed by atoms with Crippen molar-refractivity contribution in [2.45, 2.75) is 19.8 Å². The Morgan fingerprint density at radius 3 is 2.60 bits per heavy atom. The van der Waals surface area contributed by atoms with E-state index in [4.69, 9.17) is 9.47 Å². The van der Waals surface area contributed by atoms with Crippen molar-refractivity contribution in [1.29, 1.82) is 0 Å². The first-order valence-corrected chi connectivity index (χ1v) is 8.67. The van der Waals surface area contributed by atoms with Crippen LogP contribution in [-0.4, -0.2) is 25.8 Å². The molecule has 1 N–H and O–H groups in total. The molecule has 0 radical (unpaired) electrons. The van der Waals surface area contributed by atoms with Gasteiger partial charge in [-0.2, -0.15) is 5.10 Å². The molecule has 25 heavy (non-hydrogen) atoms. The van der Waals surface area contributed by atoms with Crippen LogP contribution in [0.4, 0.5) is 0 Å². The van der Waals surface area contributed by atoms with Crippen molar-refractivity contribution in [3.8, 4) is 11.5 Å². The highest BCUT2D eigenvalue weighted by Gasteiger charge is 2.04. The van der Waals surface area contributed by atoms with E-state index in [0.717, 1.165) is 10.0 Å². The van der Waals surface area contributed by atoms with Gasteiger partial charge in [-0.05, 0) is 41.8 Å². The van der Waals surface area contributed by atoms with Gasteiger partial charge in [0.2, 0.25) is 0 Å². The van der Waals surface area contributed by atoms with E-state index in [-0.39, 0.29) is 12.5 Å². The van der Waals surface area contributed by atoms with Crippen molar-refractivity contribution in [2.24, 2.45) is 5.10 Å². The molecule has 1 amide bonds. The maximum absolute atomic E-state index is 11.8. The van der Waals surface area contributed by atoms with E-state index in [1.54, 1.807) is 7.11 Å². The molecule has 0 spiro atoms. The van der Waals surface area contributed by atoms with Crippen LogP contribution in [0.1, 0.15) is 30.9 Å². The molecule has 0 bridgehead atoms. The van der Waals surface area contributed by atoms with E-state index < -0.39 is 0 Å². The van der Waals surface area contributed by atoms with Gasteiger partial charge in [-0.25, -0.2) is 5.43 Å². The molecule has 6 heteroatoms. The molecule has 0 heterocycles. The maximum Gasteiger partial charge on any atom is 0.277 e. The maximum atomic E-state index is 11.8. The second-order valence-corrected chi connectivity index (χ2v) is 6.61. The summed E-state index contributed by atoms with van der Waals surface area (Å²) in [5.74, 6) is 1.44. The van der Waals surface area contributed by atoms with Gasteiger partial charge in [0.05, 0.1) is 13.3 Å². The van der Waals surface area contributed by atoms with Crippen LogP contribution in [0, 0.1) is 0 Å². The highest BCUT2D eigenvalue weighted by molar-refractivity contribution is 9.10. The van der Waals surface area contributed by atoms with Crippen molar-refractivity contribution < 1.29 is 14.3 Å². The summed E-state index contributed by atoms with van der Waals surface area (Å²) in [6, 6.07) is 13.2. The van der Waals surface area contributed by atoms with E-state index in [0.29, 0.717) is 17.4 Å². The number of carbonyl (C=O) groups is 1. The fraction of sp³-hybridized carbons (Fsp3) is 0.263. The molecule has 0 atom stereocenters. The molecule has 132 valence electrons. The Bertz CT molecular complexity index is 743. The Balaban J connectivity index is 1.85. The van der Waals surface area contributed by atoms with Gasteiger partial charge >= 0.3 is 0 Å². The number of benzene rings is 2. The van der Waals surface area contributed by atoms with E-state index in [1.165, 1.54) is 11.8 Å². The van der Waals surface area contributed by atoms with Crippen LogP contribution in [0.15, 0.2) is 52.0 Å². The number of carbonyl (C=O) groups excluding carboxylic acids is 1. The lowest BCUT2D eigenvalue weighted by molar-refractivity contribution is -0.123. The van der Waals surface area contributed by atoms with Crippen molar-refractivity contribution in [3.63, 3.8) is 0 Å². The van der Waals surface area contributed by atoms with Crippen molar-refractivity contribution >= 4 is 28.1 Å². The molecule has 2 aromatic rings. The summed E-state index contributed by atoms with van der Waals surface area (Å²) in [6.45, 7) is 4.15. The van der Waals surface area contributed by atoms with Gasteiger partial charge in [0.1, 0.15) is 11.5 Å². The molecule has 0 aliphatic heterocycles. The molecule has 0 saturated heterocycles. The molecule has 0 aromatic heterocycles. The summed E-state index contributed by atoms with van der Waals surface area (Å²) < 4.78 is 11.6. The summed E-state index contributed by atoms with van der Waals surface area (Å²) in [5.41, 5.74) is 4.41. The zero-order valence-electron chi connectivity index (χ0n) is 14.5. The third-order valence-electron chi connectivity index (χ3n) is 3.50. The minimum absolute atomic E-state index is 0.103. The van der Waals surface area contributed by atoms with Crippen LogP contribution >= 0.6 is 15.9 Å². The summed E-state index contributed by atoms with van der Waals surface area (Å²) in [7, 11) is 1.58. The van der Waals surface area contributed by atoms with Crippen molar-refractivity contribution in [2.75, 3.05) is 13.7 Å². The van der Waals surface area contributed by atoms with E-state index in [9.17, 15) is 4.79 Å². The second-order valence-electron chi connectivity index (χ2n) is 5.69. The van der Waals surface area contributed by atoms with E-state index >= 15 is 0 Å². The molecule has 5 nitrogen and oxygen atoms in total. The van der Waals surface area contributed by atoms with E-state index in [1.807, 2.05) is 42.5 Å². The van der Waals surface area contributed by atoms with Crippen LogP contribution in [0.25, 0.3) is 0 Å². The van der Waals surface area contributed by atoms with Gasteiger partial charge in [-0.3, -0.25) is 4.79 Å². The fourth-order valence-corrected chi connectivity index (χ4v) is 2.49. The zero-order chi connectivity index (χ0) is 18.2. The SMILES string of the molecule is COc1ccc(Br)cc1/C=N\NC(=O)COc1ccc(C(C)C)cc1. The van der Waals surface area contributed by atoms with Gasteiger partial charge in [-0.15, -0.1) is 0 Å². The molecule has 0 aliphatic rings. The topological polar surface area (TPSA) is 59.9 Å². The van der Waals surface area contributed by atoms with Gasteiger partial charge < -0.3 is 9.47 Å². The van der Waals surface area contributed by atoms with Crippen LogP contribution in [-0.2, 0) is 4.79 Å². The van der Waals surface area contributed by atoms with Gasteiger partial charge in [-0.1, -0.05) is 41.9 Å². The number of halogens is 1. The van der Waals surface area contributed by atoms with Gasteiger partial charge in [0, 0.05) is 10.0 Å². The lowest BCUT2D eigenvalue weighted by Gasteiger charge is -2.08. The summed E-state index contributed by atoms with van der Waals surface area (Å²) in [4.78, 5) is 11.8. The number of rotatable bonds is 7. The highest BCUT2D eigenvalue weighted by atomic mass is 79.9. The number of nitrogens with zero attached hydrogens (tertiary/aromatic N) is 1. The number of hydrazone groups is 1. The van der Waals surface area contributed by atoms with Gasteiger partial charge in [0.25, 0.3) is 5.91 Å². The van der Waals surface area contributed by atoms with Crippen molar-refractivity contribution in [1.82, 2.24) is 5.43 Å². The number of nitrogens with one attached hydrogen (secondary N) is 1. The first-order valence-electron chi connectivity index (χ1n) is 7.88. The van der Waals surface area contributed by atoms with E-state index in [2.05, 4.69) is 40.3 Å². The first-order chi connectivity index (χ1) is 12.0. The number of hydrogen-bond donors (Lipinski definition) is 1. The fourth-order valence-electron chi connectivity index (χ4n) is 2.11. The molecular weight excluding hydrogens is 384 g/mol. The molecule has 2 aromatic carbocycles. The Hall–Kier alpha value is -2.34. The Morgan fingerprint density at radius 2 is 1.96 bits per heavy atom. The molecule has 2 rings (SSSR count). The first kappa shape index (κ1) is 19.0. The lowest BCUT2D eigenvalue weighted by Crippen LogP contribution is -2.24. The second kappa shape index (κ2) is 9.22. The minimum atomic E-state index is -0.335. The average molecular weight is 405 g/mol. The third-order valence-corrected chi connectivity index (χ3v) is 3.99. The minimum Gasteiger partial charge on any atom is -0.496 e. The molecule has 0 fully saturated rings. The number of hydrogen-bond acceptors (Lipinski definition) is 4. The predicted octanol–water partition coefficient (Wildman–Crippen LogP) is 4.11. The normalized spacial score (nSPS) is 10.9.